The van der Waals surface area contributed by atoms with Crippen molar-refractivity contribution in [1.82, 2.24) is 15.1 Å². The Hall–Kier alpha value is -1.75. The summed E-state index contributed by atoms with van der Waals surface area (Å²) in [5.74, 6) is -2.91. The fourth-order valence-electron chi connectivity index (χ4n) is 1.77. The molecule has 0 atom stereocenters. The van der Waals surface area contributed by atoms with Crippen LogP contribution in [0.1, 0.15) is 11.1 Å². The standard InChI is InChI=1S/C13H15F2N3/c1-16-7-11-8-17-18(9-11)10-13(14,15)12-5-3-2-4-6-12/h2-6,8-9,16H,7,10H2,1H3. The predicted octanol–water partition coefficient (Wildman–Crippen LogP) is 2.39. The third-order valence-electron chi connectivity index (χ3n) is 2.62. The number of nitrogens with zero attached hydrogens (tertiary/aromatic N) is 2. The molecule has 0 spiro atoms. The lowest BCUT2D eigenvalue weighted by Gasteiger charge is -2.16. The molecule has 1 N–H and O–H groups in total. The van der Waals surface area contributed by atoms with Gasteiger partial charge in [0.2, 0.25) is 0 Å². The van der Waals surface area contributed by atoms with Gasteiger partial charge in [0.25, 0.3) is 5.92 Å². The van der Waals surface area contributed by atoms with Crippen LogP contribution in [0.5, 0.6) is 0 Å². The monoisotopic (exact) mass is 251 g/mol. The molecule has 1 aromatic heterocycles. The Morgan fingerprint density at radius 3 is 2.67 bits per heavy atom. The van der Waals surface area contributed by atoms with Crippen LogP contribution in [0.15, 0.2) is 42.7 Å². The molecule has 18 heavy (non-hydrogen) atoms. The number of alkyl halides is 2. The van der Waals surface area contributed by atoms with Gasteiger partial charge in [0, 0.05) is 23.9 Å². The maximum absolute atomic E-state index is 14.0. The van der Waals surface area contributed by atoms with E-state index in [1.807, 2.05) is 0 Å². The molecule has 0 saturated carbocycles. The Kier molecular flexibility index (Phi) is 3.72. The average Bonchev–Trinajstić information content (AvgIpc) is 2.77. The van der Waals surface area contributed by atoms with Crippen molar-refractivity contribution in [1.29, 1.82) is 0 Å². The first kappa shape index (κ1) is 12.7. The van der Waals surface area contributed by atoms with Gasteiger partial charge in [0.15, 0.2) is 0 Å². The van der Waals surface area contributed by atoms with Crippen molar-refractivity contribution in [2.45, 2.75) is 19.0 Å². The summed E-state index contributed by atoms with van der Waals surface area (Å²) < 4.78 is 29.2. The third kappa shape index (κ3) is 2.92. The fraction of sp³-hybridized carbons (Fsp3) is 0.308. The lowest BCUT2D eigenvalue weighted by atomic mass is 10.1. The lowest BCUT2D eigenvalue weighted by Crippen LogP contribution is -2.21. The van der Waals surface area contributed by atoms with Crippen LogP contribution >= 0.6 is 0 Å². The van der Waals surface area contributed by atoms with Gasteiger partial charge in [-0.05, 0) is 7.05 Å². The van der Waals surface area contributed by atoms with E-state index in [0.29, 0.717) is 6.54 Å². The zero-order valence-electron chi connectivity index (χ0n) is 10.1. The highest BCUT2D eigenvalue weighted by atomic mass is 19.3. The minimum Gasteiger partial charge on any atom is -0.316 e. The number of hydrogen-bond donors (Lipinski definition) is 1. The Morgan fingerprint density at radius 1 is 1.28 bits per heavy atom. The number of hydrogen-bond acceptors (Lipinski definition) is 2. The molecule has 0 bridgehead atoms. The molecule has 0 fully saturated rings. The van der Waals surface area contributed by atoms with Crippen LogP contribution in [0.25, 0.3) is 0 Å². The molecule has 5 heteroatoms. The van der Waals surface area contributed by atoms with Crippen molar-refractivity contribution in [3.05, 3.63) is 53.9 Å². The van der Waals surface area contributed by atoms with E-state index in [0.717, 1.165) is 5.56 Å². The Labute approximate surface area is 104 Å². The van der Waals surface area contributed by atoms with Crippen LogP contribution in [-0.2, 0) is 19.0 Å². The van der Waals surface area contributed by atoms with Crippen LogP contribution in [0, 0.1) is 0 Å². The van der Waals surface area contributed by atoms with Crippen molar-refractivity contribution in [2.24, 2.45) is 0 Å². The molecule has 3 nitrogen and oxygen atoms in total. The second-order valence-corrected chi connectivity index (χ2v) is 4.15. The van der Waals surface area contributed by atoms with E-state index >= 15 is 0 Å². The first-order valence-electron chi connectivity index (χ1n) is 5.71. The minimum atomic E-state index is -2.91. The molecule has 0 aliphatic heterocycles. The molecule has 1 aromatic carbocycles. The first-order chi connectivity index (χ1) is 8.62. The third-order valence-corrected chi connectivity index (χ3v) is 2.62. The van der Waals surface area contributed by atoms with E-state index < -0.39 is 12.5 Å². The Balaban J connectivity index is 2.12. The molecular weight excluding hydrogens is 236 g/mol. The number of aromatic nitrogens is 2. The van der Waals surface area contributed by atoms with Crippen molar-refractivity contribution >= 4 is 0 Å². The smallest absolute Gasteiger partial charge is 0.292 e. The number of halogens is 2. The minimum absolute atomic E-state index is 0.00988. The molecular formula is C13H15F2N3. The molecule has 2 aromatic rings. The summed E-state index contributed by atoms with van der Waals surface area (Å²) in [5.41, 5.74) is 0.900. The van der Waals surface area contributed by atoms with Crippen LogP contribution in [0.3, 0.4) is 0 Å². The molecule has 0 amide bonds. The molecule has 0 aliphatic rings. The van der Waals surface area contributed by atoms with E-state index in [2.05, 4.69) is 10.4 Å². The quantitative estimate of drug-likeness (QED) is 0.884. The molecule has 0 radical (unpaired) electrons. The molecule has 1 heterocycles. The molecule has 0 unspecified atom stereocenters. The van der Waals surface area contributed by atoms with Crippen molar-refractivity contribution in [3.8, 4) is 0 Å². The van der Waals surface area contributed by atoms with Gasteiger partial charge in [-0.1, -0.05) is 30.3 Å². The summed E-state index contributed by atoms with van der Waals surface area (Å²) in [6.45, 7) is 0.178. The molecule has 2 rings (SSSR count). The van der Waals surface area contributed by atoms with Gasteiger partial charge in [-0.3, -0.25) is 4.68 Å². The summed E-state index contributed by atoms with van der Waals surface area (Å²) >= 11 is 0. The van der Waals surface area contributed by atoms with Crippen molar-refractivity contribution in [3.63, 3.8) is 0 Å². The van der Waals surface area contributed by atoms with Gasteiger partial charge in [-0.15, -0.1) is 0 Å². The normalized spacial score (nSPS) is 11.7. The Bertz CT molecular complexity index is 494. The maximum Gasteiger partial charge on any atom is 0.292 e. The second kappa shape index (κ2) is 5.27. The van der Waals surface area contributed by atoms with E-state index in [1.54, 1.807) is 37.6 Å². The van der Waals surface area contributed by atoms with Gasteiger partial charge < -0.3 is 5.32 Å². The summed E-state index contributed by atoms with van der Waals surface area (Å²) in [7, 11) is 1.80. The van der Waals surface area contributed by atoms with Gasteiger partial charge in [0.1, 0.15) is 6.54 Å². The predicted molar refractivity (Wildman–Crippen MR) is 65.3 cm³/mol. The average molecular weight is 251 g/mol. The number of rotatable bonds is 5. The zero-order valence-corrected chi connectivity index (χ0v) is 10.1. The highest BCUT2D eigenvalue weighted by Gasteiger charge is 2.32. The SMILES string of the molecule is CNCc1cnn(CC(F)(F)c2ccccc2)c1. The fourth-order valence-corrected chi connectivity index (χ4v) is 1.77. The van der Waals surface area contributed by atoms with Gasteiger partial charge in [-0.25, -0.2) is 0 Å². The largest absolute Gasteiger partial charge is 0.316 e. The van der Waals surface area contributed by atoms with Gasteiger partial charge in [-0.2, -0.15) is 13.9 Å². The molecule has 96 valence electrons. The van der Waals surface area contributed by atoms with E-state index in [-0.39, 0.29) is 5.56 Å². The number of benzene rings is 1. The summed E-state index contributed by atoms with van der Waals surface area (Å²) in [5, 5.41) is 6.89. The number of nitrogens with one attached hydrogen (secondary N) is 1. The van der Waals surface area contributed by atoms with Crippen LogP contribution in [-0.4, -0.2) is 16.8 Å². The Morgan fingerprint density at radius 2 is 2.00 bits per heavy atom. The van der Waals surface area contributed by atoms with Gasteiger partial charge >= 0.3 is 0 Å². The van der Waals surface area contributed by atoms with Gasteiger partial charge in [0.05, 0.1) is 6.20 Å². The maximum atomic E-state index is 14.0. The highest BCUT2D eigenvalue weighted by molar-refractivity contribution is 5.19. The van der Waals surface area contributed by atoms with Crippen molar-refractivity contribution in [2.75, 3.05) is 7.05 Å². The summed E-state index contributed by atoms with van der Waals surface area (Å²) in [4.78, 5) is 0. The first-order valence-corrected chi connectivity index (χ1v) is 5.71. The van der Waals surface area contributed by atoms with E-state index in [9.17, 15) is 8.78 Å². The van der Waals surface area contributed by atoms with Crippen LogP contribution < -0.4 is 5.32 Å². The summed E-state index contributed by atoms with van der Waals surface area (Å²) in [6, 6.07) is 7.80. The molecule has 0 aliphatic carbocycles. The summed E-state index contributed by atoms with van der Waals surface area (Å²) in [6.07, 6.45) is 3.23. The van der Waals surface area contributed by atoms with Crippen LogP contribution in [0.2, 0.25) is 0 Å². The van der Waals surface area contributed by atoms with Crippen LogP contribution in [0.4, 0.5) is 8.78 Å². The van der Waals surface area contributed by atoms with Crippen molar-refractivity contribution < 1.29 is 8.78 Å². The topological polar surface area (TPSA) is 29.9 Å². The lowest BCUT2D eigenvalue weighted by molar-refractivity contribution is -0.0254. The van der Waals surface area contributed by atoms with E-state index in [1.165, 1.54) is 16.8 Å². The zero-order chi connectivity index (χ0) is 13.0. The molecule has 0 saturated heterocycles. The van der Waals surface area contributed by atoms with E-state index in [4.69, 9.17) is 0 Å². The highest BCUT2D eigenvalue weighted by Crippen LogP contribution is 2.29. The second-order valence-electron chi connectivity index (χ2n) is 4.15.